The summed E-state index contributed by atoms with van der Waals surface area (Å²) in [6, 6.07) is 8.43. The van der Waals surface area contributed by atoms with Crippen LogP contribution in [-0.4, -0.2) is 19.0 Å². The fourth-order valence-corrected chi connectivity index (χ4v) is 2.64. The van der Waals surface area contributed by atoms with Gasteiger partial charge in [0.15, 0.2) is 0 Å². The Morgan fingerprint density at radius 3 is 2.67 bits per heavy atom. The lowest BCUT2D eigenvalue weighted by Crippen LogP contribution is -2.26. The van der Waals surface area contributed by atoms with Gasteiger partial charge >= 0.3 is 0 Å². The van der Waals surface area contributed by atoms with Gasteiger partial charge in [-0.05, 0) is 50.1 Å². The molecule has 3 nitrogen and oxygen atoms in total. The van der Waals surface area contributed by atoms with Crippen LogP contribution in [0.15, 0.2) is 24.3 Å². The number of carbonyl (C=O) groups excluding carboxylic acids is 1. The molecule has 1 rings (SSSR count). The van der Waals surface area contributed by atoms with Crippen LogP contribution in [0.5, 0.6) is 0 Å². The molecule has 0 spiro atoms. The first-order valence-corrected chi connectivity index (χ1v) is 8.05. The lowest BCUT2D eigenvalue weighted by molar-refractivity contribution is -0.121. The molecule has 0 aliphatic carbocycles. The van der Waals surface area contributed by atoms with Crippen molar-refractivity contribution in [2.45, 2.75) is 46.5 Å². The maximum Gasteiger partial charge on any atom is 0.220 e. The smallest absolute Gasteiger partial charge is 0.220 e. The predicted octanol–water partition coefficient (Wildman–Crippen LogP) is 3.05. The molecule has 0 fully saturated rings. The molecule has 0 aromatic heterocycles. The first-order valence-electron chi connectivity index (χ1n) is 8.05. The summed E-state index contributed by atoms with van der Waals surface area (Å²) in [6.45, 7) is 7.92. The van der Waals surface area contributed by atoms with E-state index in [1.165, 1.54) is 11.1 Å². The molecule has 1 amide bonds. The van der Waals surface area contributed by atoms with E-state index >= 15 is 0 Å². The van der Waals surface area contributed by atoms with Gasteiger partial charge in [-0.3, -0.25) is 4.79 Å². The summed E-state index contributed by atoms with van der Waals surface area (Å²) in [7, 11) is 0. The van der Waals surface area contributed by atoms with Crippen LogP contribution in [0.4, 0.5) is 0 Å². The topological polar surface area (TPSA) is 55.1 Å². The highest BCUT2D eigenvalue weighted by atomic mass is 16.1. The van der Waals surface area contributed by atoms with Gasteiger partial charge in [0.25, 0.3) is 0 Å². The molecule has 0 saturated carbocycles. The van der Waals surface area contributed by atoms with E-state index in [2.05, 4.69) is 50.4 Å². The van der Waals surface area contributed by atoms with E-state index in [1.807, 2.05) is 0 Å². The highest BCUT2D eigenvalue weighted by Gasteiger charge is 2.14. The standard InChI is InChI=1S/C18H30N2O/c1-14(2)17(9-11-19)7-8-18(21)20-12-10-16-6-4-5-15(3)13-16/h4-6,13-14,17H,7-12,19H2,1-3H3,(H,20,21). The van der Waals surface area contributed by atoms with Gasteiger partial charge in [-0.25, -0.2) is 0 Å². The van der Waals surface area contributed by atoms with Crippen molar-refractivity contribution < 1.29 is 4.79 Å². The second-order valence-electron chi connectivity index (χ2n) is 6.21. The summed E-state index contributed by atoms with van der Waals surface area (Å²) in [5, 5.41) is 3.02. The normalized spacial score (nSPS) is 12.4. The molecule has 0 saturated heterocycles. The van der Waals surface area contributed by atoms with Crippen LogP contribution in [-0.2, 0) is 11.2 Å². The molecule has 3 heteroatoms. The van der Waals surface area contributed by atoms with Crippen LogP contribution in [0.1, 0.15) is 44.2 Å². The van der Waals surface area contributed by atoms with Crippen LogP contribution >= 0.6 is 0 Å². The monoisotopic (exact) mass is 290 g/mol. The average Bonchev–Trinajstić information content (AvgIpc) is 2.43. The Morgan fingerprint density at radius 1 is 1.29 bits per heavy atom. The first kappa shape index (κ1) is 17.7. The van der Waals surface area contributed by atoms with Crippen LogP contribution in [0.25, 0.3) is 0 Å². The first-order chi connectivity index (χ1) is 10.0. The Hall–Kier alpha value is -1.35. The predicted molar refractivity (Wildman–Crippen MR) is 89.1 cm³/mol. The number of aryl methyl sites for hydroxylation is 1. The van der Waals surface area contributed by atoms with Crippen LogP contribution in [0.2, 0.25) is 0 Å². The van der Waals surface area contributed by atoms with Crippen molar-refractivity contribution in [3.05, 3.63) is 35.4 Å². The number of nitrogens with two attached hydrogens (primary N) is 1. The number of benzene rings is 1. The van der Waals surface area contributed by atoms with Gasteiger partial charge in [0.05, 0.1) is 0 Å². The largest absolute Gasteiger partial charge is 0.356 e. The molecular weight excluding hydrogens is 260 g/mol. The molecule has 0 aliphatic rings. The quantitative estimate of drug-likeness (QED) is 0.734. The molecule has 21 heavy (non-hydrogen) atoms. The summed E-state index contributed by atoms with van der Waals surface area (Å²) < 4.78 is 0. The SMILES string of the molecule is Cc1cccc(CCNC(=O)CCC(CCN)C(C)C)c1. The average molecular weight is 290 g/mol. The number of carbonyl (C=O) groups is 1. The van der Waals surface area contributed by atoms with Crippen molar-refractivity contribution in [2.75, 3.05) is 13.1 Å². The van der Waals surface area contributed by atoms with Crippen molar-refractivity contribution in [1.82, 2.24) is 5.32 Å². The molecule has 1 unspecified atom stereocenters. The van der Waals surface area contributed by atoms with Crippen molar-refractivity contribution in [2.24, 2.45) is 17.6 Å². The van der Waals surface area contributed by atoms with Gasteiger partial charge in [-0.15, -0.1) is 0 Å². The summed E-state index contributed by atoms with van der Waals surface area (Å²) in [5.41, 5.74) is 8.17. The van der Waals surface area contributed by atoms with Crippen LogP contribution < -0.4 is 11.1 Å². The van der Waals surface area contributed by atoms with Crippen molar-refractivity contribution in [3.8, 4) is 0 Å². The van der Waals surface area contributed by atoms with Crippen LogP contribution in [0, 0.1) is 18.8 Å². The fraction of sp³-hybridized carbons (Fsp3) is 0.611. The molecule has 1 aromatic rings. The fourth-order valence-electron chi connectivity index (χ4n) is 2.64. The zero-order valence-electron chi connectivity index (χ0n) is 13.7. The van der Waals surface area contributed by atoms with Crippen molar-refractivity contribution in [1.29, 1.82) is 0 Å². The Balaban J connectivity index is 2.24. The highest BCUT2D eigenvalue weighted by molar-refractivity contribution is 5.75. The Kier molecular flexibility index (Phi) is 8.06. The van der Waals surface area contributed by atoms with E-state index in [-0.39, 0.29) is 5.91 Å². The highest BCUT2D eigenvalue weighted by Crippen LogP contribution is 2.20. The Morgan fingerprint density at radius 2 is 2.05 bits per heavy atom. The molecule has 118 valence electrons. The minimum atomic E-state index is 0.158. The van der Waals surface area contributed by atoms with E-state index in [1.54, 1.807) is 0 Å². The Labute approximate surface area is 129 Å². The maximum atomic E-state index is 11.9. The molecular formula is C18H30N2O. The maximum absolute atomic E-state index is 11.9. The zero-order chi connectivity index (χ0) is 15.7. The van der Waals surface area contributed by atoms with E-state index in [4.69, 9.17) is 5.73 Å². The number of nitrogens with one attached hydrogen (secondary N) is 1. The van der Waals surface area contributed by atoms with Crippen molar-refractivity contribution >= 4 is 5.91 Å². The van der Waals surface area contributed by atoms with Gasteiger partial charge in [-0.2, -0.15) is 0 Å². The molecule has 0 bridgehead atoms. The van der Waals surface area contributed by atoms with E-state index in [0.717, 1.165) is 19.3 Å². The molecule has 1 atom stereocenters. The van der Waals surface area contributed by atoms with Gasteiger partial charge < -0.3 is 11.1 Å². The number of rotatable bonds is 9. The Bertz CT molecular complexity index is 429. The summed E-state index contributed by atoms with van der Waals surface area (Å²) in [6.07, 6.45) is 3.44. The summed E-state index contributed by atoms with van der Waals surface area (Å²) in [4.78, 5) is 11.9. The molecule has 1 aromatic carbocycles. The second-order valence-corrected chi connectivity index (χ2v) is 6.21. The molecule has 3 N–H and O–H groups in total. The van der Waals surface area contributed by atoms with Gasteiger partial charge in [0, 0.05) is 13.0 Å². The lowest BCUT2D eigenvalue weighted by atomic mass is 9.88. The van der Waals surface area contributed by atoms with Gasteiger partial charge in [-0.1, -0.05) is 43.7 Å². The number of hydrogen-bond acceptors (Lipinski definition) is 2. The summed E-state index contributed by atoms with van der Waals surface area (Å²) >= 11 is 0. The minimum absolute atomic E-state index is 0.158. The van der Waals surface area contributed by atoms with E-state index in [9.17, 15) is 4.79 Å². The number of amides is 1. The lowest BCUT2D eigenvalue weighted by Gasteiger charge is -2.19. The van der Waals surface area contributed by atoms with E-state index < -0.39 is 0 Å². The molecule has 0 heterocycles. The van der Waals surface area contributed by atoms with Crippen molar-refractivity contribution in [3.63, 3.8) is 0 Å². The minimum Gasteiger partial charge on any atom is -0.356 e. The third kappa shape index (κ3) is 7.28. The molecule has 0 radical (unpaired) electrons. The molecule has 0 aliphatic heterocycles. The summed E-state index contributed by atoms with van der Waals surface area (Å²) in [5.74, 6) is 1.30. The van der Waals surface area contributed by atoms with Gasteiger partial charge in [0.1, 0.15) is 0 Å². The second kappa shape index (κ2) is 9.56. The number of hydrogen-bond donors (Lipinski definition) is 2. The van der Waals surface area contributed by atoms with Crippen LogP contribution in [0.3, 0.4) is 0 Å². The van der Waals surface area contributed by atoms with Gasteiger partial charge in [0.2, 0.25) is 5.91 Å². The third-order valence-corrected chi connectivity index (χ3v) is 4.04. The third-order valence-electron chi connectivity index (χ3n) is 4.04. The zero-order valence-corrected chi connectivity index (χ0v) is 13.7. The van der Waals surface area contributed by atoms with E-state index in [0.29, 0.717) is 31.3 Å².